The van der Waals surface area contributed by atoms with Crippen LogP contribution in [0.3, 0.4) is 0 Å². The van der Waals surface area contributed by atoms with Crippen molar-refractivity contribution in [1.82, 2.24) is 0 Å². The first-order chi connectivity index (χ1) is 4.54. The van der Waals surface area contributed by atoms with Gasteiger partial charge in [-0.1, -0.05) is 0 Å². The maximum atomic E-state index is 10.3. The molecule has 0 N–H and O–H groups in total. The average Bonchev–Trinajstić information content (AvgIpc) is 1.82. The second-order valence-corrected chi connectivity index (χ2v) is 2.03. The third-order valence-electron chi connectivity index (χ3n) is 1.02. The van der Waals surface area contributed by atoms with E-state index in [2.05, 4.69) is 6.58 Å². The molecule has 0 amide bonds. The minimum absolute atomic E-state index is 0.0528. The Morgan fingerprint density at radius 3 is 2.40 bits per heavy atom. The molecule has 0 unspecified atom stereocenters. The van der Waals surface area contributed by atoms with Gasteiger partial charge in [-0.05, 0) is 13.5 Å². The third-order valence-corrected chi connectivity index (χ3v) is 1.02. The molecule has 0 aromatic heterocycles. The minimum Gasteiger partial charge on any atom is -0.300 e. The van der Waals surface area contributed by atoms with E-state index in [1.807, 2.05) is 0 Å². The number of nitro groups is 1. The van der Waals surface area contributed by atoms with Gasteiger partial charge in [0, 0.05) is 12.8 Å². The molecule has 4 nitrogen and oxygen atoms in total. The summed E-state index contributed by atoms with van der Waals surface area (Å²) in [5.74, 6) is -0.0528. The molecule has 0 fully saturated rings. The Hall–Kier alpha value is -1.19. The number of allylic oxidation sites excluding steroid dienone is 1. The first-order valence-corrected chi connectivity index (χ1v) is 2.85. The van der Waals surface area contributed by atoms with Crippen molar-refractivity contribution >= 4 is 5.78 Å². The Labute approximate surface area is 58.7 Å². The highest BCUT2D eigenvalue weighted by Gasteiger charge is 2.06. The molecular formula is C6H9NO3. The summed E-state index contributed by atoms with van der Waals surface area (Å²) >= 11 is 0. The maximum Gasteiger partial charge on any atom is 0.239 e. The van der Waals surface area contributed by atoms with Gasteiger partial charge in [0.05, 0.1) is 4.92 Å². The van der Waals surface area contributed by atoms with Crippen LogP contribution in [0.25, 0.3) is 0 Å². The van der Waals surface area contributed by atoms with E-state index in [-0.39, 0.29) is 24.3 Å². The van der Waals surface area contributed by atoms with Gasteiger partial charge in [0.1, 0.15) is 5.78 Å². The van der Waals surface area contributed by atoms with Gasteiger partial charge in [-0.2, -0.15) is 0 Å². The summed E-state index contributed by atoms with van der Waals surface area (Å²) in [4.78, 5) is 19.6. The second kappa shape index (κ2) is 3.76. The van der Waals surface area contributed by atoms with E-state index in [1.165, 1.54) is 6.92 Å². The number of hydrogen-bond donors (Lipinski definition) is 0. The number of carbonyl (C=O) groups is 1. The van der Waals surface area contributed by atoms with Crippen molar-refractivity contribution in [2.75, 3.05) is 0 Å². The molecule has 0 aromatic carbocycles. The standard InChI is InChI=1S/C6H9NO3/c1-5(7(9)10)3-4-6(2)8/h1,3-4H2,2H3. The molecule has 0 aliphatic carbocycles. The Kier molecular flexibility index (Phi) is 3.32. The first kappa shape index (κ1) is 8.81. The van der Waals surface area contributed by atoms with Gasteiger partial charge >= 0.3 is 0 Å². The van der Waals surface area contributed by atoms with Gasteiger partial charge in [-0.3, -0.25) is 10.1 Å². The van der Waals surface area contributed by atoms with Crippen LogP contribution in [0, 0.1) is 10.1 Å². The summed E-state index contributed by atoms with van der Waals surface area (Å²) in [6.45, 7) is 4.57. The van der Waals surface area contributed by atoms with Gasteiger partial charge in [0.25, 0.3) is 0 Å². The molecular weight excluding hydrogens is 134 g/mol. The largest absolute Gasteiger partial charge is 0.300 e. The van der Waals surface area contributed by atoms with Crippen molar-refractivity contribution in [1.29, 1.82) is 0 Å². The summed E-state index contributed by atoms with van der Waals surface area (Å²) in [6, 6.07) is 0. The number of ketones is 1. The number of Topliss-reactive ketones (excluding diaryl/α,β-unsaturated/α-hetero) is 1. The molecule has 0 saturated heterocycles. The van der Waals surface area contributed by atoms with Crippen LogP contribution in [0.15, 0.2) is 12.3 Å². The van der Waals surface area contributed by atoms with Gasteiger partial charge in [0.15, 0.2) is 0 Å². The monoisotopic (exact) mass is 143 g/mol. The number of rotatable bonds is 4. The van der Waals surface area contributed by atoms with E-state index >= 15 is 0 Å². The van der Waals surface area contributed by atoms with Crippen molar-refractivity contribution < 1.29 is 9.72 Å². The van der Waals surface area contributed by atoms with Gasteiger partial charge < -0.3 is 4.79 Å². The summed E-state index contributed by atoms with van der Waals surface area (Å²) < 4.78 is 0. The van der Waals surface area contributed by atoms with Gasteiger partial charge in [0.2, 0.25) is 5.70 Å². The Bertz CT molecular complexity index is 174. The van der Waals surface area contributed by atoms with Crippen molar-refractivity contribution in [3.8, 4) is 0 Å². The SMILES string of the molecule is C=C(CCC(C)=O)[N+](=O)[O-]. The fourth-order valence-electron chi connectivity index (χ4n) is 0.412. The summed E-state index contributed by atoms with van der Waals surface area (Å²) in [6.07, 6.45) is 0.363. The van der Waals surface area contributed by atoms with Gasteiger partial charge in [-0.15, -0.1) is 0 Å². The molecule has 0 heterocycles. The molecule has 0 aromatic rings. The normalized spacial score (nSPS) is 8.90. The molecule has 4 heteroatoms. The lowest BCUT2D eigenvalue weighted by molar-refractivity contribution is -0.427. The Morgan fingerprint density at radius 1 is 1.60 bits per heavy atom. The Balaban J connectivity index is 3.60. The third kappa shape index (κ3) is 3.77. The van der Waals surface area contributed by atoms with Crippen LogP contribution in [-0.4, -0.2) is 10.7 Å². The summed E-state index contributed by atoms with van der Waals surface area (Å²) in [5.41, 5.74) is -0.102. The van der Waals surface area contributed by atoms with Crippen molar-refractivity contribution in [2.45, 2.75) is 19.8 Å². The van der Waals surface area contributed by atoms with Crippen LogP contribution in [0.1, 0.15) is 19.8 Å². The fourth-order valence-corrected chi connectivity index (χ4v) is 0.412. The van der Waals surface area contributed by atoms with E-state index in [0.717, 1.165) is 0 Å². The fraction of sp³-hybridized carbons (Fsp3) is 0.500. The summed E-state index contributed by atoms with van der Waals surface area (Å²) in [7, 11) is 0. The molecule has 0 spiro atoms. The minimum atomic E-state index is -0.567. The Morgan fingerprint density at radius 2 is 2.10 bits per heavy atom. The lowest BCUT2D eigenvalue weighted by Gasteiger charge is -1.91. The molecule has 0 rings (SSSR count). The topological polar surface area (TPSA) is 60.2 Å². The predicted molar refractivity (Wildman–Crippen MR) is 36.0 cm³/mol. The highest BCUT2D eigenvalue weighted by atomic mass is 16.6. The smallest absolute Gasteiger partial charge is 0.239 e. The summed E-state index contributed by atoms with van der Waals surface area (Å²) in [5, 5.41) is 9.91. The van der Waals surface area contributed by atoms with E-state index in [4.69, 9.17) is 0 Å². The molecule has 0 saturated carbocycles. The molecule has 0 aliphatic heterocycles. The zero-order chi connectivity index (χ0) is 8.15. The molecule has 0 bridgehead atoms. The lowest BCUT2D eigenvalue weighted by Crippen LogP contribution is -1.99. The molecule has 0 radical (unpaired) electrons. The maximum absolute atomic E-state index is 10.3. The van der Waals surface area contributed by atoms with Crippen LogP contribution < -0.4 is 0 Å². The van der Waals surface area contributed by atoms with Crippen LogP contribution in [0.4, 0.5) is 0 Å². The highest BCUT2D eigenvalue weighted by molar-refractivity contribution is 5.75. The number of hydrogen-bond acceptors (Lipinski definition) is 3. The van der Waals surface area contributed by atoms with Crippen molar-refractivity contribution in [3.05, 3.63) is 22.4 Å². The molecule has 0 atom stereocenters. The van der Waals surface area contributed by atoms with Crippen LogP contribution in [0.2, 0.25) is 0 Å². The van der Waals surface area contributed by atoms with E-state index in [1.54, 1.807) is 0 Å². The molecule has 0 aliphatic rings. The first-order valence-electron chi connectivity index (χ1n) is 2.85. The second-order valence-electron chi connectivity index (χ2n) is 2.03. The van der Waals surface area contributed by atoms with Crippen LogP contribution >= 0.6 is 0 Å². The van der Waals surface area contributed by atoms with Crippen LogP contribution in [0.5, 0.6) is 0 Å². The zero-order valence-corrected chi connectivity index (χ0v) is 5.79. The van der Waals surface area contributed by atoms with E-state index in [9.17, 15) is 14.9 Å². The van der Waals surface area contributed by atoms with Crippen molar-refractivity contribution in [2.24, 2.45) is 0 Å². The van der Waals surface area contributed by atoms with Crippen molar-refractivity contribution in [3.63, 3.8) is 0 Å². The van der Waals surface area contributed by atoms with Crippen LogP contribution in [-0.2, 0) is 4.79 Å². The quantitative estimate of drug-likeness (QED) is 0.438. The molecule has 56 valence electrons. The zero-order valence-electron chi connectivity index (χ0n) is 5.79. The molecule has 10 heavy (non-hydrogen) atoms. The number of nitrogens with zero attached hydrogens (tertiary/aromatic N) is 1. The predicted octanol–water partition coefficient (Wildman–Crippen LogP) is 1.15. The number of carbonyl (C=O) groups excluding carboxylic acids is 1. The highest BCUT2D eigenvalue weighted by Crippen LogP contribution is 2.02. The van der Waals surface area contributed by atoms with E-state index in [0.29, 0.717) is 0 Å². The lowest BCUT2D eigenvalue weighted by atomic mass is 10.2. The average molecular weight is 143 g/mol. The van der Waals surface area contributed by atoms with E-state index < -0.39 is 4.92 Å². The van der Waals surface area contributed by atoms with Gasteiger partial charge in [-0.25, -0.2) is 0 Å².